The molecule has 3 N–H and O–H groups in total. The van der Waals surface area contributed by atoms with Gasteiger partial charge in [0.1, 0.15) is 18.2 Å². The van der Waals surface area contributed by atoms with E-state index in [0.717, 1.165) is 15.6 Å². The number of nitrogens with one attached hydrogen (secondary N) is 1. The van der Waals surface area contributed by atoms with Crippen LogP contribution >= 0.6 is 15.9 Å². The summed E-state index contributed by atoms with van der Waals surface area (Å²) < 4.78 is 19.2. The van der Waals surface area contributed by atoms with Crippen molar-refractivity contribution >= 4 is 28.2 Å². The maximum atomic E-state index is 12.8. The third-order valence-electron chi connectivity index (χ3n) is 2.65. The summed E-state index contributed by atoms with van der Waals surface area (Å²) in [7, 11) is 0. The van der Waals surface area contributed by atoms with Crippen molar-refractivity contribution in [2.24, 2.45) is 10.8 Å². The van der Waals surface area contributed by atoms with Crippen molar-refractivity contribution in [2.45, 2.75) is 6.61 Å². The van der Waals surface area contributed by atoms with E-state index in [4.69, 9.17) is 10.5 Å². The molecule has 0 radical (unpaired) electrons. The molecule has 0 aliphatic rings. The molecule has 0 aliphatic carbocycles. The fraction of sp³-hybridized carbons (Fsp3) is 0.0667. The van der Waals surface area contributed by atoms with E-state index < -0.39 is 6.03 Å². The second-order valence-corrected chi connectivity index (χ2v) is 5.19. The molecule has 5 nitrogen and oxygen atoms in total. The second kappa shape index (κ2) is 7.56. The lowest BCUT2D eigenvalue weighted by molar-refractivity contribution is 0.249. The quantitative estimate of drug-likeness (QED) is 0.630. The van der Waals surface area contributed by atoms with Gasteiger partial charge in [0.2, 0.25) is 0 Å². The summed E-state index contributed by atoms with van der Waals surface area (Å²) in [5.74, 6) is 0.363. The zero-order chi connectivity index (χ0) is 15.9. The average Bonchev–Trinajstić information content (AvgIpc) is 2.48. The van der Waals surface area contributed by atoms with Gasteiger partial charge in [0.15, 0.2) is 0 Å². The molecule has 2 aromatic rings. The van der Waals surface area contributed by atoms with Gasteiger partial charge in [-0.25, -0.2) is 14.6 Å². The van der Waals surface area contributed by atoms with Crippen LogP contribution in [0.25, 0.3) is 0 Å². The number of nitrogens with zero attached hydrogens (tertiary/aromatic N) is 1. The van der Waals surface area contributed by atoms with E-state index in [-0.39, 0.29) is 5.82 Å². The highest BCUT2D eigenvalue weighted by Crippen LogP contribution is 2.26. The monoisotopic (exact) mass is 365 g/mol. The third-order valence-corrected chi connectivity index (χ3v) is 3.27. The SMILES string of the molecule is NC(=O)N/N=C/c1ccc(OCc2ccc(F)cc2)c(Br)c1. The lowest BCUT2D eigenvalue weighted by Crippen LogP contribution is -2.24. The van der Waals surface area contributed by atoms with Gasteiger partial charge in [0.05, 0.1) is 10.7 Å². The highest BCUT2D eigenvalue weighted by molar-refractivity contribution is 9.10. The third kappa shape index (κ3) is 4.85. The van der Waals surface area contributed by atoms with Crippen LogP contribution in [0, 0.1) is 5.82 Å². The van der Waals surface area contributed by atoms with Crippen LogP contribution in [-0.2, 0) is 6.61 Å². The van der Waals surface area contributed by atoms with Crippen LogP contribution in [0.5, 0.6) is 5.75 Å². The first kappa shape index (κ1) is 16.0. The minimum Gasteiger partial charge on any atom is -0.488 e. The van der Waals surface area contributed by atoms with Gasteiger partial charge in [-0.15, -0.1) is 0 Å². The fourth-order valence-electron chi connectivity index (χ4n) is 1.63. The smallest absolute Gasteiger partial charge is 0.332 e. The number of carbonyl (C=O) groups is 1. The molecule has 2 aromatic carbocycles. The number of halogens is 2. The number of hydrogen-bond acceptors (Lipinski definition) is 3. The zero-order valence-electron chi connectivity index (χ0n) is 11.4. The molecular formula is C15H13BrFN3O2. The van der Waals surface area contributed by atoms with Crippen molar-refractivity contribution in [2.75, 3.05) is 0 Å². The lowest BCUT2D eigenvalue weighted by Gasteiger charge is -2.09. The van der Waals surface area contributed by atoms with Crippen LogP contribution in [0.2, 0.25) is 0 Å². The van der Waals surface area contributed by atoms with Crippen molar-refractivity contribution in [1.29, 1.82) is 0 Å². The van der Waals surface area contributed by atoms with Crippen molar-refractivity contribution in [3.63, 3.8) is 0 Å². The molecule has 0 spiro atoms. The molecule has 0 saturated carbocycles. The number of hydrazone groups is 1. The van der Waals surface area contributed by atoms with Gasteiger partial charge in [0.25, 0.3) is 0 Å². The molecule has 114 valence electrons. The van der Waals surface area contributed by atoms with Gasteiger partial charge in [-0.1, -0.05) is 12.1 Å². The molecule has 0 heterocycles. The molecule has 0 saturated heterocycles. The molecule has 0 unspecified atom stereocenters. The summed E-state index contributed by atoms with van der Waals surface area (Å²) in [5, 5.41) is 3.67. The summed E-state index contributed by atoms with van der Waals surface area (Å²) in [6.45, 7) is 0.329. The number of ether oxygens (including phenoxy) is 1. The van der Waals surface area contributed by atoms with Crippen LogP contribution in [0.4, 0.5) is 9.18 Å². The van der Waals surface area contributed by atoms with Gasteiger partial charge < -0.3 is 10.5 Å². The Kier molecular flexibility index (Phi) is 5.48. The Morgan fingerprint density at radius 1 is 1.32 bits per heavy atom. The fourth-order valence-corrected chi connectivity index (χ4v) is 2.14. The van der Waals surface area contributed by atoms with E-state index in [1.807, 2.05) is 0 Å². The molecule has 7 heteroatoms. The normalized spacial score (nSPS) is 10.6. The summed E-state index contributed by atoms with van der Waals surface area (Å²) >= 11 is 3.39. The molecule has 0 atom stereocenters. The van der Waals surface area contributed by atoms with Crippen LogP contribution in [0.3, 0.4) is 0 Å². The standard InChI is InChI=1S/C15H13BrFN3O2/c16-13-7-11(8-19-20-15(18)21)3-6-14(13)22-9-10-1-4-12(17)5-2-10/h1-8H,9H2,(H3,18,20,21)/b19-8+. The van der Waals surface area contributed by atoms with E-state index in [2.05, 4.69) is 26.5 Å². The Hall–Kier alpha value is -2.41. The summed E-state index contributed by atoms with van der Waals surface area (Å²) in [5.41, 5.74) is 8.63. The summed E-state index contributed by atoms with van der Waals surface area (Å²) in [6.07, 6.45) is 1.46. The Balaban J connectivity index is 1.98. The van der Waals surface area contributed by atoms with E-state index in [1.165, 1.54) is 18.3 Å². The Morgan fingerprint density at radius 2 is 2.05 bits per heavy atom. The minimum atomic E-state index is -0.727. The van der Waals surface area contributed by atoms with Crippen LogP contribution < -0.4 is 15.9 Å². The molecule has 0 aliphatic heterocycles. The van der Waals surface area contributed by atoms with E-state index in [1.54, 1.807) is 30.3 Å². The largest absolute Gasteiger partial charge is 0.488 e. The van der Waals surface area contributed by atoms with E-state index in [0.29, 0.717) is 12.4 Å². The molecular weight excluding hydrogens is 353 g/mol. The van der Waals surface area contributed by atoms with Gasteiger partial charge in [-0.2, -0.15) is 5.10 Å². The van der Waals surface area contributed by atoms with Gasteiger partial charge in [-0.05, 0) is 57.4 Å². The number of rotatable bonds is 5. The lowest BCUT2D eigenvalue weighted by atomic mass is 10.2. The minimum absolute atomic E-state index is 0.279. The van der Waals surface area contributed by atoms with Gasteiger partial charge in [0, 0.05) is 0 Å². The molecule has 2 amide bonds. The molecule has 2 rings (SSSR count). The number of urea groups is 1. The van der Waals surface area contributed by atoms with Crippen LogP contribution in [-0.4, -0.2) is 12.2 Å². The highest BCUT2D eigenvalue weighted by Gasteiger charge is 2.03. The maximum Gasteiger partial charge on any atom is 0.332 e. The number of carbonyl (C=O) groups excluding carboxylic acids is 1. The Morgan fingerprint density at radius 3 is 2.68 bits per heavy atom. The maximum absolute atomic E-state index is 12.8. The Labute approximate surface area is 135 Å². The first-order valence-electron chi connectivity index (χ1n) is 6.30. The van der Waals surface area contributed by atoms with Crippen molar-refractivity contribution in [1.82, 2.24) is 5.43 Å². The number of benzene rings is 2. The second-order valence-electron chi connectivity index (χ2n) is 4.34. The molecule has 0 bridgehead atoms. The van der Waals surface area contributed by atoms with E-state index >= 15 is 0 Å². The highest BCUT2D eigenvalue weighted by atomic mass is 79.9. The number of nitrogens with two attached hydrogens (primary N) is 1. The molecule has 0 fully saturated rings. The first-order chi connectivity index (χ1) is 10.5. The van der Waals surface area contributed by atoms with Gasteiger partial charge >= 0.3 is 6.03 Å². The predicted molar refractivity (Wildman–Crippen MR) is 85.2 cm³/mol. The first-order valence-corrected chi connectivity index (χ1v) is 7.09. The number of hydrogen-bond donors (Lipinski definition) is 2. The van der Waals surface area contributed by atoms with Crippen LogP contribution in [0.1, 0.15) is 11.1 Å². The number of primary amides is 1. The predicted octanol–water partition coefficient (Wildman–Crippen LogP) is 3.17. The zero-order valence-corrected chi connectivity index (χ0v) is 13.0. The number of amides is 2. The summed E-state index contributed by atoms with van der Waals surface area (Å²) in [6, 6.07) is 10.7. The van der Waals surface area contributed by atoms with Gasteiger partial charge in [-0.3, -0.25) is 0 Å². The van der Waals surface area contributed by atoms with Crippen molar-refractivity contribution in [3.8, 4) is 5.75 Å². The Bertz CT molecular complexity index is 690. The van der Waals surface area contributed by atoms with Crippen molar-refractivity contribution < 1.29 is 13.9 Å². The topological polar surface area (TPSA) is 76.7 Å². The average molecular weight is 366 g/mol. The van der Waals surface area contributed by atoms with E-state index in [9.17, 15) is 9.18 Å². The van der Waals surface area contributed by atoms with Crippen LogP contribution in [0.15, 0.2) is 52.0 Å². The molecule has 22 heavy (non-hydrogen) atoms. The molecule has 0 aromatic heterocycles. The van der Waals surface area contributed by atoms with Crippen molar-refractivity contribution in [3.05, 3.63) is 63.9 Å². The summed E-state index contributed by atoms with van der Waals surface area (Å²) in [4.78, 5) is 10.5.